The molecule has 0 fully saturated rings. The van der Waals surface area contributed by atoms with Crippen molar-refractivity contribution in [3.63, 3.8) is 0 Å². The molecule has 0 saturated heterocycles. The average molecular weight is 351 g/mol. The van der Waals surface area contributed by atoms with Gasteiger partial charge in [0.1, 0.15) is 5.75 Å². The minimum absolute atomic E-state index is 0.0244. The van der Waals surface area contributed by atoms with Crippen LogP contribution in [0.3, 0.4) is 0 Å². The van der Waals surface area contributed by atoms with E-state index < -0.39 is 0 Å². The van der Waals surface area contributed by atoms with E-state index in [0.29, 0.717) is 24.7 Å². The van der Waals surface area contributed by atoms with Crippen molar-refractivity contribution in [3.8, 4) is 17.2 Å². The third-order valence-corrected chi connectivity index (χ3v) is 4.06. The maximum atomic E-state index is 11.9. The number of hydrogen-bond donors (Lipinski definition) is 1. The molecule has 0 aliphatic heterocycles. The lowest BCUT2D eigenvalue weighted by Gasteiger charge is -2.10. The van der Waals surface area contributed by atoms with Crippen molar-refractivity contribution in [1.29, 1.82) is 0 Å². The van der Waals surface area contributed by atoms with Gasteiger partial charge in [-0.2, -0.15) is 0 Å². The fourth-order valence-corrected chi connectivity index (χ4v) is 2.44. The van der Waals surface area contributed by atoms with Gasteiger partial charge in [0.2, 0.25) is 11.8 Å². The Morgan fingerprint density at radius 1 is 1.08 bits per heavy atom. The van der Waals surface area contributed by atoms with Gasteiger partial charge in [0.05, 0.1) is 0 Å². The Morgan fingerprint density at radius 2 is 1.88 bits per heavy atom. The first-order valence-electron chi connectivity index (χ1n) is 8.47. The van der Waals surface area contributed by atoms with Gasteiger partial charge in [-0.25, -0.2) is 0 Å². The molecule has 0 unspecified atom stereocenters. The van der Waals surface area contributed by atoms with Crippen LogP contribution in [0.1, 0.15) is 17.0 Å². The van der Waals surface area contributed by atoms with Gasteiger partial charge < -0.3 is 14.5 Å². The molecule has 6 nitrogen and oxygen atoms in total. The Balaban J connectivity index is 1.44. The maximum absolute atomic E-state index is 11.9. The van der Waals surface area contributed by atoms with Crippen LogP contribution in [0.15, 0.2) is 52.9 Å². The van der Waals surface area contributed by atoms with Gasteiger partial charge >= 0.3 is 0 Å². The minimum atomic E-state index is -0.186. The van der Waals surface area contributed by atoms with E-state index in [1.807, 2.05) is 62.4 Å². The second-order valence-corrected chi connectivity index (χ2v) is 5.95. The molecule has 1 heterocycles. The van der Waals surface area contributed by atoms with Crippen LogP contribution in [0.4, 0.5) is 0 Å². The van der Waals surface area contributed by atoms with E-state index in [2.05, 4.69) is 15.5 Å². The summed E-state index contributed by atoms with van der Waals surface area (Å²) in [6, 6.07) is 15.3. The number of carbonyl (C=O) groups excluding carboxylic acids is 1. The molecule has 0 atom stereocenters. The normalized spacial score (nSPS) is 10.5. The molecule has 1 N–H and O–H groups in total. The number of aryl methyl sites for hydroxylation is 1. The lowest BCUT2D eigenvalue weighted by Crippen LogP contribution is -2.30. The minimum Gasteiger partial charge on any atom is -0.483 e. The fourth-order valence-electron chi connectivity index (χ4n) is 2.44. The molecule has 134 valence electrons. The standard InChI is InChI=1S/C20H21N3O3/c1-14-7-6-10-17(15(14)2)25-13-18(24)21-12-11-19-22-23-20(26-19)16-8-4-3-5-9-16/h3-10H,11-13H2,1-2H3,(H,21,24). The monoisotopic (exact) mass is 351 g/mol. The van der Waals surface area contributed by atoms with E-state index in [0.717, 1.165) is 22.4 Å². The van der Waals surface area contributed by atoms with Crippen LogP contribution < -0.4 is 10.1 Å². The average Bonchev–Trinajstić information content (AvgIpc) is 3.13. The van der Waals surface area contributed by atoms with Crippen LogP contribution in [0, 0.1) is 13.8 Å². The maximum Gasteiger partial charge on any atom is 0.257 e. The van der Waals surface area contributed by atoms with Gasteiger partial charge in [0, 0.05) is 18.5 Å². The van der Waals surface area contributed by atoms with Gasteiger partial charge in [-0.3, -0.25) is 4.79 Å². The van der Waals surface area contributed by atoms with Crippen molar-refractivity contribution in [1.82, 2.24) is 15.5 Å². The first-order chi connectivity index (χ1) is 12.6. The van der Waals surface area contributed by atoms with E-state index in [-0.39, 0.29) is 12.5 Å². The summed E-state index contributed by atoms with van der Waals surface area (Å²) < 4.78 is 11.2. The van der Waals surface area contributed by atoms with Crippen molar-refractivity contribution in [2.75, 3.05) is 13.2 Å². The van der Waals surface area contributed by atoms with E-state index in [1.165, 1.54) is 0 Å². The first kappa shape index (κ1) is 17.7. The van der Waals surface area contributed by atoms with Crippen LogP contribution in [0.5, 0.6) is 5.75 Å². The first-order valence-corrected chi connectivity index (χ1v) is 8.47. The van der Waals surface area contributed by atoms with Crippen LogP contribution in [-0.4, -0.2) is 29.3 Å². The van der Waals surface area contributed by atoms with E-state index in [4.69, 9.17) is 9.15 Å². The van der Waals surface area contributed by atoms with Gasteiger partial charge in [-0.05, 0) is 43.2 Å². The Labute approximate surface area is 152 Å². The van der Waals surface area contributed by atoms with E-state index in [9.17, 15) is 4.79 Å². The predicted octanol–water partition coefficient (Wildman–Crippen LogP) is 3.09. The fraction of sp³-hybridized carbons (Fsp3) is 0.250. The van der Waals surface area contributed by atoms with Crippen molar-refractivity contribution in [2.45, 2.75) is 20.3 Å². The second-order valence-electron chi connectivity index (χ2n) is 5.95. The largest absolute Gasteiger partial charge is 0.483 e. The number of amides is 1. The van der Waals surface area contributed by atoms with E-state index in [1.54, 1.807) is 0 Å². The summed E-state index contributed by atoms with van der Waals surface area (Å²) in [5.74, 6) is 1.50. The Hall–Kier alpha value is -3.15. The molecule has 0 saturated carbocycles. The molecular weight excluding hydrogens is 330 g/mol. The molecule has 1 aromatic heterocycles. The number of rotatable bonds is 7. The molecule has 26 heavy (non-hydrogen) atoms. The number of ether oxygens (including phenoxy) is 1. The van der Waals surface area contributed by atoms with Crippen molar-refractivity contribution in [3.05, 3.63) is 65.5 Å². The number of benzene rings is 2. The van der Waals surface area contributed by atoms with Gasteiger partial charge in [-0.15, -0.1) is 10.2 Å². The molecule has 0 radical (unpaired) electrons. The van der Waals surface area contributed by atoms with Crippen LogP contribution >= 0.6 is 0 Å². The van der Waals surface area contributed by atoms with E-state index >= 15 is 0 Å². The summed E-state index contributed by atoms with van der Waals surface area (Å²) in [6.07, 6.45) is 0.467. The van der Waals surface area contributed by atoms with Crippen LogP contribution in [0.2, 0.25) is 0 Å². The second kappa shape index (κ2) is 8.29. The summed E-state index contributed by atoms with van der Waals surface area (Å²) in [5, 5.41) is 10.8. The number of nitrogens with one attached hydrogen (secondary N) is 1. The molecular formula is C20H21N3O3. The Bertz CT molecular complexity index is 875. The summed E-state index contributed by atoms with van der Waals surface area (Å²) in [6.45, 7) is 4.37. The lowest BCUT2D eigenvalue weighted by molar-refractivity contribution is -0.123. The summed E-state index contributed by atoms with van der Waals surface area (Å²) >= 11 is 0. The van der Waals surface area contributed by atoms with Gasteiger partial charge in [0.25, 0.3) is 5.91 Å². The molecule has 0 aliphatic carbocycles. The number of aromatic nitrogens is 2. The smallest absolute Gasteiger partial charge is 0.257 e. The molecule has 6 heteroatoms. The SMILES string of the molecule is Cc1cccc(OCC(=O)NCCc2nnc(-c3ccccc3)o2)c1C. The highest BCUT2D eigenvalue weighted by Gasteiger charge is 2.09. The number of carbonyl (C=O) groups is 1. The van der Waals surface area contributed by atoms with Crippen molar-refractivity contribution >= 4 is 5.91 Å². The predicted molar refractivity (Wildman–Crippen MR) is 97.9 cm³/mol. The zero-order valence-corrected chi connectivity index (χ0v) is 14.9. The zero-order chi connectivity index (χ0) is 18.4. The van der Waals surface area contributed by atoms with Crippen molar-refractivity contribution in [2.24, 2.45) is 0 Å². The molecule has 0 aliphatic rings. The zero-order valence-electron chi connectivity index (χ0n) is 14.9. The molecule has 0 spiro atoms. The molecule has 1 amide bonds. The topological polar surface area (TPSA) is 77.2 Å². The highest BCUT2D eigenvalue weighted by Crippen LogP contribution is 2.20. The number of hydrogen-bond acceptors (Lipinski definition) is 5. The summed E-state index contributed by atoms with van der Waals surface area (Å²) in [4.78, 5) is 11.9. The third kappa shape index (κ3) is 4.47. The Kier molecular flexibility index (Phi) is 5.63. The molecule has 3 aromatic rings. The van der Waals surface area contributed by atoms with Gasteiger partial charge in [0.15, 0.2) is 6.61 Å². The highest BCUT2D eigenvalue weighted by atomic mass is 16.5. The summed E-state index contributed by atoms with van der Waals surface area (Å²) in [7, 11) is 0. The lowest BCUT2D eigenvalue weighted by atomic mass is 10.1. The quantitative estimate of drug-likeness (QED) is 0.708. The highest BCUT2D eigenvalue weighted by molar-refractivity contribution is 5.77. The molecule has 0 bridgehead atoms. The van der Waals surface area contributed by atoms with Crippen LogP contribution in [-0.2, 0) is 11.2 Å². The molecule has 3 rings (SSSR count). The van der Waals surface area contributed by atoms with Crippen LogP contribution in [0.25, 0.3) is 11.5 Å². The molecule has 2 aromatic carbocycles. The Morgan fingerprint density at radius 3 is 2.69 bits per heavy atom. The van der Waals surface area contributed by atoms with Gasteiger partial charge in [-0.1, -0.05) is 30.3 Å². The van der Waals surface area contributed by atoms with Crippen molar-refractivity contribution < 1.29 is 13.9 Å². The summed E-state index contributed by atoms with van der Waals surface area (Å²) in [5.41, 5.74) is 3.05. The number of nitrogens with zero attached hydrogens (tertiary/aromatic N) is 2. The third-order valence-electron chi connectivity index (χ3n) is 4.06.